The number of hydrogen-bond donors (Lipinski definition) is 1. The second-order valence-corrected chi connectivity index (χ2v) is 8.37. The third kappa shape index (κ3) is 5.93. The van der Waals surface area contributed by atoms with Gasteiger partial charge in [0.05, 0.1) is 17.7 Å². The highest BCUT2D eigenvalue weighted by molar-refractivity contribution is 5.89. The molecule has 0 bridgehead atoms. The number of H-pyrrole nitrogens is 1. The number of aromatic amines is 1. The lowest BCUT2D eigenvalue weighted by Crippen LogP contribution is -2.43. The number of aryl methyl sites for hydroxylation is 1. The number of nitrogens with one attached hydrogen (secondary N) is 1. The predicted molar refractivity (Wildman–Crippen MR) is 126 cm³/mol. The minimum Gasteiger partial charge on any atom is -0.462 e. The molecule has 1 aliphatic rings. The van der Waals surface area contributed by atoms with Crippen molar-refractivity contribution in [2.24, 2.45) is 5.92 Å². The summed E-state index contributed by atoms with van der Waals surface area (Å²) in [5.41, 5.74) is 0.170. The minimum absolute atomic E-state index is 0.0630. The number of benzene rings is 2. The Morgan fingerprint density at radius 1 is 0.914 bits per heavy atom. The highest BCUT2D eigenvalue weighted by atomic mass is 16.6. The van der Waals surface area contributed by atoms with Gasteiger partial charge in [-0.3, -0.25) is 14.3 Å². The normalized spacial score (nSPS) is 19.6. The average Bonchev–Trinajstić information content (AvgIpc) is 2.89. The zero-order valence-corrected chi connectivity index (χ0v) is 19.2. The monoisotopic (exact) mass is 478 g/mol. The molecule has 182 valence electrons. The summed E-state index contributed by atoms with van der Waals surface area (Å²) in [7, 11) is 0. The lowest BCUT2D eigenvalue weighted by atomic mass is 9.94. The van der Waals surface area contributed by atoms with Crippen LogP contribution in [0.15, 0.2) is 76.4 Å². The van der Waals surface area contributed by atoms with Gasteiger partial charge in [0.2, 0.25) is 0 Å². The molecule has 1 aliphatic heterocycles. The third-order valence-corrected chi connectivity index (χ3v) is 5.92. The van der Waals surface area contributed by atoms with E-state index in [1.165, 1.54) is 10.8 Å². The predicted octanol–water partition coefficient (Wildman–Crippen LogP) is 2.85. The van der Waals surface area contributed by atoms with Crippen molar-refractivity contribution < 1.29 is 23.8 Å². The van der Waals surface area contributed by atoms with Gasteiger partial charge in [0.1, 0.15) is 18.9 Å². The highest BCUT2D eigenvalue weighted by Crippen LogP contribution is 2.31. The quantitative estimate of drug-likeness (QED) is 0.519. The van der Waals surface area contributed by atoms with Crippen LogP contribution < -0.4 is 11.2 Å². The van der Waals surface area contributed by atoms with Crippen LogP contribution in [0.2, 0.25) is 0 Å². The first-order valence-electron chi connectivity index (χ1n) is 11.3. The Labute approximate surface area is 201 Å². The van der Waals surface area contributed by atoms with Gasteiger partial charge in [0, 0.05) is 17.7 Å². The van der Waals surface area contributed by atoms with E-state index in [0.717, 1.165) is 0 Å². The molecule has 9 nitrogen and oxygen atoms in total. The molecule has 1 fully saturated rings. The molecule has 1 aromatic heterocycles. The maximum Gasteiger partial charge on any atom is 0.338 e. The molecule has 0 radical (unpaired) electrons. The van der Waals surface area contributed by atoms with E-state index in [1.54, 1.807) is 61.5 Å². The Balaban J connectivity index is 1.48. The van der Waals surface area contributed by atoms with E-state index >= 15 is 0 Å². The van der Waals surface area contributed by atoms with Gasteiger partial charge < -0.3 is 14.2 Å². The van der Waals surface area contributed by atoms with Crippen molar-refractivity contribution in [2.75, 3.05) is 13.2 Å². The maximum absolute atomic E-state index is 12.5. The molecule has 1 N–H and O–H groups in total. The lowest BCUT2D eigenvalue weighted by Gasteiger charge is -2.36. The number of nitrogens with zero attached hydrogens (tertiary/aromatic N) is 1. The first-order chi connectivity index (χ1) is 16.9. The van der Waals surface area contributed by atoms with Crippen LogP contribution in [0.25, 0.3) is 0 Å². The zero-order valence-electron chi connectivity index (χ0n) is 19.2. The minimum atomic E-state index is -0.667. The van der Waals surface area contributed by atoms with Gasteiger partial charge in [-0.25, -0.2) is 14.4 Å². The number of rotatable bonds is 7. The van der Waals surface area contributed by atoms with Gasteiger partial charge >= 0.3 is 17.6 Å². The summed E-state index contributed by atoms with van der Waals surface area (Å²) in [6.45, 7) is 1.57. The van der Waals surface area contributed by atoms with Crippen LogP contribution >= 0.6 is 0 Å². The summed E-state index contributed by atoms with van der Waals surface area (Å²) in [6.07, 6.45) is 1.14. The summed E-state index contributed by atoms with van der Waals surface area (Å²) >= 11 is 0. The zero-order chi connectivity index (χ0) is 24.8. The number of ether oxygens (including phenoxy) is 3. The van der Waals surface area contributed by atoms with Gasteiger partial charge in [-0.05, 0) is 44.0 Å². The molecule has 3 aromatic rings. The van der Waals surface area contributed by atoms with Crippen molar-refractivity contribution >= 4 is 11.9 Å². The molecule has 0 unspecified atom stereocenters. The molecule has 0 spiro atoms. The van der Waals surface area contributed by atoms with E-state index in [4.69, 9.17) is 14.2 Å². The van der Waals surface area contributed by atoms with Gasteiger partial charge in [0.25, 0.3) is 5.56 Å². The Bertz CT molecular complexity index is 1280. The molecular weight excluding hydrogens is 452 g/mol. The number of carbonyl (C=O) groups excluding carboxylic acids is 2. The molecule has 9 heteroatoms. The molecule has 1 saturated heterocycles. The number of aromatic nitrogens is 2. The summed E-state index contributed by atoms with van der Waals surface area (Å²) in [4.78, 5) is 51.3. The van der Waals surface area contributed by atoms with Crippen LogP contribution in [0.5, 0.6) is 0 Å². The Kier molecular flexibility index (Phi) is 7.57. The molecule has 3 atom stereocenters. The van der Waals surface area contributed by atoms with E-state index < -0.39 is 35.5 Å². The van der Waals surface area contributed by atoms with Crippen molar-refractivity contribution in [3.63, 3.8) is 0 Å². The van der Waals surface area contributed by atoms with E-state index in [-0.39, 0.29) is 19.1 Å². The smallest absolute Gasteiger partial charge is 0.338 e. The molecule has 2 aromatic carbocycles. The molecule has 2 heterocycles. The summed E-state index contributed by atoms with van der Waals surface area (Å²) in [6, 6.07) is 17.2. The second-order valence-electron chi connectivity index (χ2n) is 8.37. The van der Waals surface area contributed by atoms with Gasteiger partial charge in [-0.1, -0.05) is 36.4 Å². The lowest BCUT2D eigenvalue weighted by molar-refractivity contribution is -0.146. The summed E-state index contributed by atoms with van der Waals surface area (Å²) in [5, 5.41) is 0. The van der Waals surface area contributed by atoms with Gasteiger partial charge in [0.15, 0.2) is 0 Å². The van der Waals surface area contributed by atoms with Crippen LogP contribution in [0.4, 0.5) is 0 Å². The first-order valence-corrected chi connectivity index (χ1v) is 11.3. The molecule has 0 amide bonds. The number of esters is 2. The van der Waals surface area contributed by atoms with Gasteiger partial charge in [-0.2, -0.15) is 0 Å². The number of hydrogen-bond acceptors (Lipinski definition) is 7. The average molecular weight is 479 g/mol. The molecule has 0 aliphatic carbocycles. The van der Waals surface area contributed by atoms with Crippen molar-refractivity contribution in [1.29, 1.82) is 0 Å². The van der Waals surface area contributed by atoms with Crippen molar-refractivity contribution in [1.82, 2.24) is 9.55 Å². The number of carbonyl (C=O) groups is 2. The Morgan fingerprint density at radius 2 is 1.49 bits per heavy atom. The largest absolute Gasteiger partial charge is 0.462 e. The van der Waals surface area contributed by atoms with Gasteiger partial charge in [-0.15, -0.1) is 0 Å². The highest BCUT2D eigenvalue weighted by Gasteiger charge is 2.34. The van der Waals surface area contributed by atoms with E-state index in [2.05, 4.69) is 4.98 Å². The fraction of sp³-hybridized carbons (Fsp3) is 0.308. The maximum atomic E-state index is 12.5. The standard InChI is InChI=1S/C26H26N2O7/c1-17-14-28(26(32)27-23(17)29)22-13-12-20(15-33-24(30)18-8-4-2-5-9-18)21(35-22)16-34-25(31)19-10-6-3-7-11-19/h2-11,14,20-22H,12-13,15-16H2,1H3,(H,27,29,32)/t20-,21-,22-/m1/s1. The third-order valence-electron chi connectivity index (χ3n) is 5.92. The van der Waals surface area contributed by atoms with E-state index in [0.29, 0.717) is 29.5 Å². The second kappa shape index (κ2) is 11.0. The fourth-order valence-corrected chi connectivity index (χ4v) is 3.95. The summed E-state index contributed by atoms with van der Waals surface area (Å²) in [5.74, 6) is -1.23. The van der Waals surface area contributed by atoms with Crippen LogP contribution in [0.1, 0.15) is 45.3 Å². The van der Waals surface area contributed by atoms with Crippen molar-refractivity contribution in [3.8, 4) is 0 Å². The molecule has 0 saturated carbocycles. The molecule has 4 rings (SSSR count). The first kappa shape index (κ1) is 24.2. The Hall–Kier alpha value is -3.98. The topological polar surface area (TPSA) is 117 Å². The summed E-state index contributed by atoms with van der Waals surface area (Å²) < 4.78 is 18.5. The molecular formula is C26H26N2O7. The Morgan fingerprint density at radius 3 is 2.09 bits per heavy atom. The van der Waals surface area contributed by atoms with Crippen molar-refractivity contribution in [2.45, 2.75) is 32.1 Å². The van der Waals surface area contributed by atoms with Crippen molar-refractivity contribution in [3.05, 3.63) is 104 Å². The van der Waals surface area contributed by atoms with Crippen LogP contribution in [0.3, 0.4) is 0 Å². The van der Waals surface area contributed by atoms with E-state index in [1.807, 2.05) is 6.07 Å². The fourth-order valence-electron chi connectivity index (χ4n) is 3.95. The molecule has 35 heavy (non-hydrogen) atoms. The van der Waals surface area contributed by atoms with Crippen LogP contribution in [0, 0.1) is 12.8 Å². The van der Waals surface area contributed by atoms with Crippen LogP contribution in [-0.2, 0) is 14.2 Å². The van der Waals surface area contributed by atoms with E-state index in [9.17, 15) is 19.2 Å². The van der Waals surface area contributed by atoms with Crippen LogP contribution in [-0.4, -0.2) is 40.8 Å². The SMILES string of the molecule is Cc1cn([C@H]2CC[C@H](COC(=O)c3ccccc3)[C@@H](COC(=O)c3ccccc3)O2)c(=O)[nH]c1=O.